The molecule has 0 bridgehead atoms. The largest absolute Gasteiger partial charge is 1.00 e. The molecule has 0 spiro atoms. The molecule has 114 valence electrons. The van der Waals surface area contributed by atoms with E-state index in [4.69, 9.17) is 14.2 Å². The van der Waals surface area contributed by atoms with Crippen molar-refractivity contribution >= 4 is 18.8 Å². The molecule has 3 N–H and O–H groups in total. The van der Waals surface area contributed by atoms with E-state index in [1.807, 2.05) is 0 Å². The van der Waals surface area contributed by atoms with E-state index >= 15 is 0 Å². The fraction of sp³-hybridized carbons (Fsp3) is 0.308. The van der Waals surface area contributed by atoms with Gasteiger partial charge in [-0.2, -0.15) is 0 Å². The summed E-state index contributed by atoms with van der Waals surface area (Å²) >= 11 is 0. The zero-order valence-electron chi connectivity index (χ0n) is 12.9. The van der Waals surface area contributed by atoms with Gasteiger partial charge in [-0.25, -0.2) is 9.36 Å². The van der Waals surface area contributed by atoms with Crippen LogP contribution in [0.4, 0.5) is 0 Å². The molecule has 1 aliphatic carbocycles. The van der Waals surface area contributed by atoms with Crippen molar-refractivity contribution in [2.24, 2.45) is 0 Å². The van der Waals surface area contributed by atoms with E-state index in [-0.39, 0.29) is 42.3 Å². The van der Waals surface area contributed by atoms with Crippen LogP contribution in [0.1, 0.15) is 25.4 Å². The Bertz CT molecular complexity index is 829. The molecule has 22 heavy (non-hydrogen) atoms. The fourth-order valence-electron chi connectivity index (χ4n) is 2.66. The molecule has 0 unspecified atom stereocenters. The van der Waals surface area contributed by atoms with E-state index in [0.717, 1.165) is 24.5 Å². The Kier molecular flexibility index (Phi) is 5.06. The molecule has 0 saturated heterocycles. The number of phosphoric ester groups is 1. The van der Waals surface area contributed by atoms with E-state index in [1.54, 1.807) is 0 Å². The SMILES string of the molecule is O=c1oc2cc(O)c(OP(=O)(O)O)cc2c2c1CCCC2.[H-].[Na+]. The molecule has 1 aromatic heterocycles. The molecule has 3 rings (SSSR count). The molecule has 1 heterocycles. The molecule has 0 fully saturated rings. The first-order chi connectivity index (χ1) is 9.85. The maximum absolute atomic E-state index is 11.9. The van der Waals surface area contributed by atoms with Crippen LogP contribution in [-0.2, 0) is 17.4 Å². The van der Waals surface area contributed by atoms with Gasteiger partial charge in [-0.1, -0.05) is 0 Å². The van der Waals surface area contributed by atoms with Gasteiger partial charge in [0.05, 0.1) is 0 Å². The zero-order chi connectivity index (χ0) is 15.2. The van der Waals surface area contributed by atoms with Gasteiger partial charge in [0.25, 0.3) is 0 Å². The topological polar surface area (TPSA) is 117 Å². The standard InChI is InChI=1S/C13H13O7P.Na.H/c14-10-6-11-9(5-12(10)20-21(16,17)18)7-3-1-2-4-8(7)13(15)19-11;;/h5-6,14H,1-4H2,(H2,16,17,18);;/q;+1;-1. The Labute approximate surface area is 148 Å². The molecule has 2 aromatic rings. The molecular formula is C13H14NaO7P. The predicted molar refractivity (Wildman–Crippen MR) is 74.6 cm³/mol. The van der Waals surface area contributed by atoms with Crippen LogP contribution >= 0.6 is 7.82 Å². The van der Waals surface area contributed by atoms with Crippen LogP contribution < -0.4 is 39.7 Å². The number of hydrogen-bond donors (Lipinski definition) is 3. The Morgan fingerprint density at radius 3 is 2.45 bits per heavy atom. The van der Waals surface area contributed by atoms with E-state index < -0.39 is 19.2 Å². The van der Waals surface area contributed by atoms with E-state index in [9.17, 15) is 14.5 Å². The average Bonchev–Trinajstić information content (AvgIpc) is 2.39. The molecule has 0 radical (unpaired) electrons. The second-order valence-corrected chi connectivity index (χ2v) is 6.12. The van der Waals surface area contributed by atoms with Gasteiger partial charge >= 0.3 is 43.0 Å². The van der Waals surface area contributed by atoms with Gasteiger partial charge in [0.1, 0.15) is 5.58 Å². The van der Waals surface area contributed by atoms with Crippen molar-refractivity contribution in [3.05, 3.63) is 33.7 Å². The Balaban J connectivity index is 0.00000132. The van der Waals surface area contributed by atoms with Gasteiger partial charge in [0, 0.05) is 17.0 Å². The van der Waals surface area contributed by atoms with Gasteiger partial charge in [-0.05, 0) is 37.3 Å². The van der Waals surface area contributed by atoms with Crippen molar-refractivity contribution in [3.63, 3.8) is 0 Å². The van der Waals surface area contributed by atoms with Gasteiger partial charge in [-0.3, -0.25) is 9.79 Å². The van der Waals surface area contributed by atoms with Crippen LogP contribution in [-0.4, -0.2) is 14.9 Å². The minimum absolute atomic E-state index is 0. The van der Waals surface area contributed by atoms with Crippen molar-refractivity contribution in [3.8, 4) is 11.5 Å². The number of phenols is 1. The van der Waals surface area contributed by atoms with Gasteiger partial charge in [0.2, 0.25) is 0 Å². The van der Waals surface area contributed by atoms with Crippen molar-refractivity contribution in [1.82, 2.24) is 0 Å². The summed E-state index contributed by atoms with van der Waals surface area (Å²) in [5.41, 5.74) is 1.13. The number of phenolic OH excluding ortho intramolecular Hbond substituents is 1. The quantitative estimate of drug-likeness (QED) is 0.364. The molecule has 0 saturated carbocycles. The monoisotopic (exact) mass is 336 g/mol. The number of rotatable bonds is 2. The van der Waals surface area contributed by atoms with Crippen molar-refractivity contribution in [2.75, 3.05) is 0 Å². The van der Waals surface area contributed by atoms with E-state index in [0.29, 0.717) is 23.8 Å². The minimum Gasteiger partial charge on any atom is -1.00 e. The molecule has 9 heteroatoms. The Morgan fingerprint density at radius 1 is 1.18 bits per heavy atom. The Morgan fingerprint density at radius 2 is 1.82 bits per heavy atom. The summed E-state index contributed by atoms with van der Waals surface area (Å²) in [5.74, 6) is -0.831. The van der Waals surface area contributed by atoms with Crippen LogP contribution in [0.2, 0.25) is 0 Å². The first kappa shape index (κ1) is 17.5. The maximum Gasteiger partial charge on any atom is 1.00 e. The normalized spacial score (nSPS) is 14.3. The number of aromatic hydroxyl groups is 1. The smallest absolute Gasteiger partial charge is 1.00 e. The van der Waals surface area contributed by atoms with Crippen LogP contribution in [0.25, 0.3) is 11.0 Å². The summed E-state index contributed by atoms with van der Waals surface area (Å²) in [4.78, 5) is 29.6. The predicted octanol–water partition coefficient (Wildman–Crippen LogP) is -1.03. The summed E-state index contributed by atoms with van der Waals surface area (Å²) < 4.78 is 20.5. The van der Waals surface area contributed by atoms with Gasteiger partial charge < -0.3 is 15.5 Å². The number of aryl methyl sites for hydroxylation is 1. The average molecular weight is 336 g/mol. The van der Waals surface area contributed by atoms with Gasteiger partial charge in [0.15, 0.2) is 11.5 Å². The van der Waals surface area contributed by atoms with E-state index in [2.05, 4.69) is 4.52 Å². The molecule has 1 aromatic carbocycles. The second-order valence-electron chi connectivity index (χ2n) is 4.95. The number of hydrogen-bond acceptors (Lipinski definition) is 5. The van der Waals surface area contributed by atoms with Crippen LogP contribution in [0.5, 0.6) is 11.5 Å². The first-order valence-electron chi connectivity index (χ1n) is 6.42. The maximum atomic E-state index is 11.9. The first-order valence-corrected chi connectivity index (χ1v) is 7.95. The van der Waals surface area contributed by atoms with Crippen LogP contribution in [0, 0.1) is 0 Å². The molecule has 0 aliphatic heterocycles. The number of benzene rings is 1. The molecule has 0 amide bonds. The zero-order valence-corrected chi connectivity index (χ0v) is 14.8. The molecule has 7 nitrogen and oxygen atoms in total. The summed E-state index contributed by atoms with van der Waals surface area (Å²) in [6.07, 6.45) is 3.11. The second kappa shape index (κ2) is 6.35. The summed E-state index contributed by atoms with van der Waals surface area (Å²) in [6.45, 7) is 0. The summed E-state index contributed by atoms with van der Waals surface area (Å²) in [5, 5.41) is 10.3. The number of fused-ring (bicyclic) bond motifs is 3. The van der Waals surface area contributed by atoms with Crippen molar-refractivity contribution < 1.29 is 59.4 Å². The van der Waals surface area contributed by atoms with Crippen LogP contribution in [0.3, 0.4) is 0 Å². The van der Waals surface area contributed by atoms with Crippen molar-refractivity contribution in [2.45, 2.75) is 25.7 Å². The number of phosphoric acid groups is 1. The molecular weight excluding hydrogens is 322 g/mol. The third-order valence-corrected chi connectivity index (χ3v) is 3.95. The summed E-state index contributed by atoms with van der Waals surface area (Å²) in [6, 6.07) is 2.44. The Hall–Kier alpha value is -0.820. The van der Waals surface area contributed by atoms with E-state index in [1.165, 1.54) is 6.07 Å². The third-order valence-electron chi connectivity index (χ3n) is 3.52. The van der Waals surface area contributed by atoms with Crippen LogP contribution in [0.15, 0.2) is 21.3 Å². The fourth-order valence-corrected chi connectivity index (χ4v) is 3.06. The minimum atomic E-state index is -4.78. The molecule has 0 atom stereocenters. The third kappa shape index (κ3) is 3.40. The van der Waals surface area contributed by atoms with Gasteiger partial charge in [-0.15, -0.1) is 0 Å². The summed E-state index contributed by atoms with van der Waals surface area (Å²) in [7, 11) is -4.78. The molecule has 1 aliphatic rings. The van der Waals surface area contributed by atoms with Crippen molar-refractivity contribution in [1.29, 1.82) is 0 Å².